The van der Waals surface area contributed by atoms with E-state index in [0.717, 1.165) is 17.5 Å². The summed E-state index contributed by atoms with van der Waals surface area (Å²) >= 11 is 0. The highest BCUT2D eigenvalue weighted by Crippen LogP contribution is 2.49. The van der Waals surface area contributed by atoms with Gasteiger partial charge in [-0.05, 0) is 49.1 Å². The molecule has 1 heterocycles. The topological polar surface area (TPSA) is 29.5 Å². The first-order valence-corrected chi connectivity index (χ1v) is 7.62. The zero-order chi connectivity index (χ0) is 16.1. The predicted molar refractivity (Wildman–Crippen MR) is 86.0 cm³/mol. The van der Waals surface area contributed by atoms with Crippen molar-refractivity contribution in [1.82, 2.24) is 0 Å². The fourth-order valence-electron chi connectivity index (χ4n) is 3.10. The summed E-state index contributed by atoms with van der Waals surface area (Å²) in [5, 5.41) is 10.7. The van der Waals surface area contributed by atoms with E-state index in [1.54, 1.807) is 12.1 Å². The zero-order valence-electron chi connectivity index (χ0n) is 13.4. The predicted octanol–water partition coefficient (Wildman–Crippen LogP) is 5.04. The number of aromatic hydroxyl groups is 1. The van der Waals surface area contributed by atoms with Gasteiger partial charge in [0.05, 0.1) is 0 Å². The lowest BCUT2D eigenvalue weighted by Crippen LogP contribution is -2.24. The number of fused-ring (bicyclic) bond motifs is 1. The molecule has 1 aliphatic rings. The van der Waals surface area contributed by atoms with Crippen LogP contribution in [0.15, 0.2) is 30.3 Å². The van der Waals surface area contributed by atoms with Crippen molar-refractivity contribution in [3.8, 4) is 22.6 Å². The minimum Gasteiger partial charge on any atom is -0.504 e. The maximum atomic E-state index is 13.1. The van der Waals surface area contributed by atoms with Crippen molar-refractivity contribution >= 4 is 0 Å². The van der Waals surface area contributed by atoms with Crippen LogP contribution in [0.25, 0.3) is 11.1 Å². The quantitative estimate of drug-likeness (QED) is 0.842. The molecule has 0 aliphatic carbocycles. The summed E-state index contributed by atoms with van der Waals surface area (Å²) in [5.41, 5.74) is 3.43. The van der Waals surface area contributed by atoms with Crippen molar-refractivity contribution < 1.29 is 14.2 Å². The summed E-state index contributed by atoms with van der Waals surface area (Å²) in [4.78, 5) is 0. The Labute approximate surface area is 130 Å². The minimum atomic E-state index is -0.315. The molecule has 116 valence electrons. The largest absolute Gasteiger partial charge is 0.504 e. The minimum absolute atomic E-state index is 0.150. The van der Waals surface area contributed by atoms with E-state index in [1.807, 2.05) is 19.9 Å². The molecule has 22 heavy (non-hydrogen) atoms. The van der Waals surface area contributed by atoms with Crippen LogP contribution in [0, 0.1) is 5.82 Å². The first kappa shape index (κ1) is 14.9. The third kappa shape index (κ3) is 2.45. The van der Waals surface area contributed by atoms with Gasteiger partial charge in [-0.1, -0.05) is 26.0 Å². The number of benzene rings is 2. The van der Waals surface area contributed by atoms with Gasteiger partial charge in [0.1, 0.15) is 11.4 Å². The first-order valence-electron chi connectivity index (χ1n) is 7.62. The van der Waals surface area contributed by atoms with Gasteiger partial charge in [0.25, 0.3) is 0 Å². The number of phenolic OH excluding ortho intramolecular Hbond substituents is 1. The number of hydrogen-bond acceptors (Lipinski definition) is 2. The van der Waals surface area contributed by atoms with E-state index >= 15 is 0 Å². The maximum Gasteiger partial charge on any atom is 0.166 e. The van der Waals surface area contributed by atoms with Crippen LogP contribution in [-0.2, 0) is 6.42 Å². The summed E-state index contributed by atoms with van der Waals surface area (Å²) in [6, 6.07) is 8.18. The summed E-state index contributed by atoms with van der Waals surface area (Å²) in [6.45, 7) is 8.31. The van der Waals surface area contributed by atoms with Crippen molar-refractivity contribution in [1.29, 1.82) is 0 Å². The van der Waals surface area contributed by atoms with Crippen LogP contribution in [-0.4, -0.2) is 10.7 Å². The third-order valence-corrected chi connectivity index (χ3v) is 4.15. The van der Waals surface area contributed by atoms with Crippen molar-refractivity contribution in [3.05, 3.63) is 47.3 Å². The average molecular weight is 300 g/mol. The monoisotopic (exact) mass is 300 g/mol. The van der Waals surface area contributed by atoms with Gasteiger partial charge in [-0.2, -0.15) is 0 Å². The maximum absolute atomic E-state index is 13.1. The van der Waals surface area contributed by atoms with Gasteiger partial charge in [0.15, 0.2) is 11.5 Å². The molecule has 3 rings (SSSR count). The number of rotatable bonds is 2. The molecule has 0 radical (unpaired) electrons. The summed E-state index contributed by atoms with van der Waals surface area (Å²) < 4.78 is 19.1. The Kier molecular flexibility index (Phi) is 3.39. The van der Waals surface area contributed by atoms with Crippen molar-refractivity contribution in [2.75, 3.05) is 0 Å². The molecule has 0 spiro atoms. The Bertz CT molecular complexity index is 715. The van der Waals surface area contributed by atoms with E-state index in [0.29, 0.717) is 17.2 Å². The molecule has 0 atom stereocenters. The molecular weight excluding hydrogens is 279 g/mol. The number of phenols is 1. The van der Waals surface area contributed by atoms with E-state index in [1.165, 1.54) is 17.7 Å². The summed E-state index contributed by atoms with van der Waals surface area (Å²) in [7, 11) is 0. The average Bonchev–Trinajstić information content (AvgIpc) is 2.76. The second kappa shape index (κ2) is 5.01. The Morgan fingerprint density at radius 2 is 1.82 bits per heavy atom. The van der Waals surface area contributed by atoms with Gasteiger partial charge in [0.2, 0.25) is 0 Å². The Morgan fingerprint density at radius 1 is 1.18 bits per heavy atom. The van der Waals surface area contributed by atoms with Crippen LogP contribution in [0.4, 0.5) is 4.39 Å². The molecule has 0 aromatic heterocycles. The number of halogens is 1. The lowest BCUT2D eigenvalue weighted by Gasteiger charge is -2.18. The second-order valence-corrected chi connectivity index (χ2v) is 6.87. The van der Waals surface area contributed by atoms with E-state index in [9.17, 15) is 9.50 Å². The molecular formula is C19H21FO2. The molecule has 0 unspecified atom stereocenters. The number of ether oxygens (including phenoxy) is 1. The highest BCUT2D eigenvalue weighted by molar-refractivity contribution is 5.77. The standard InChI is InChI=1S/C19H21FO2/c1-11(2)14-9-15(12-5-7-13(20)8-6-12)17(21)18-16(14)10-19(3,4)22-18/h5-9,11,21H,10H2,1-4H3. The van der Waals surface area contributed by atoms with E-state index < -0.39 is 0 Å². The van der Waals surface area contributed by atoms with Gasteiger partial charge in [-0.3, -0.25) is 0 Å². The van der Waals surface area contributed by atoms with Gasteiger partial charge in [-0.25, -0.2) is 4.39 Å². The van der Waals surface area contributed by atoms with Crippen molar-refractivity contribution in [2.24, 2.45) is 0 Å². The van der Waals surface area contributed by atoms with E-state index in [2.05, 4.69) is 13.8 Å². The zero-order valence-corrected chi connectivity index (χ0v) is 13.4. The molecule has 0 fully saturated rings. The van der Waals surface area contributed by atoms with Crippen molar-refractivity contribution in [3.63, 3.8) is 0 Å². The smallest absolute Gasteiger partial charge is 0.166 e. The van der Waals surface area contributed by atoms with Gasteiger partial charge in [-0.15, -0.1) is 0 Å². The molecule has 2 aromatic carbocycles. The van der Waals surface area contributed by atoms with Crippen LogP contribution in [0.2, 0.25) is 0 Å². The highest BCUT2D eigenvalue weighted by atomic mass is 19.1. The summed E-state index contributed by atoms with van der Waals surface area (Å²) in [5.74, 6) is 0.768. The lowest BCUT2D eigenvalue weighted by atomic mass is 9.88. The van der Waals surface area contributed by atoms with Crippen LogP contribution < -0.4 is 4.74 Å². The van der Waals surface area contributed by atoms with Gasteiger partial charge < -0.3 is 9.84 Å². The van der Waals surface area contributed by atoms with Crippen molar-refractivity contribution in [2.45, 2.75) is 45.6 Å². The molecule has 0 saturated heterocycles. The SMILES string of the molecule is CC(C)c1cc(-c2ccc(F)cc2)c(O)c2c1CC(C)(C)O2. The summed E-state index contributed by atoms with van der Waals surface area (Å²) in [6.07, 6.45) is 0.785. The second-order valence-electron chi connectivity index (χ2n) is 6.87. The lowest BCUT2D eigenvalue weighted by molar-refractivity contribution is 0.134. The van der Waals surface area contributed by atoms with Crippen LogP contribution in [0.1, 0.15) is 44.7 Å². The van der Waals surface area contributed by atoms with Crippen LogP contribution in [0.3, 0.4) is 0 Å². The number of hydrogen-bond donors (Lipinski definition) is 1. The molecule has 1 aliphatic heterocycles. The Hall–Kier alpha value is -2.03. The molecule has 3 heteroatoms. The van der Waals surface area contributed by atoms with Crippen LogP contribution in [0.5, 0.6) is 11.5 Å². The molecule has 0 saturated carbocycles. The fourth-order valence-corrected chi connectivity index (χ4v) is 3.10. The molecule has 0 bridgehead atoms. The van der Waals surface area contributed by atoms with E-state index in [-0.39, 0.29) is 17.2 Å². The highest BCUT2D eigenvalue weighted by Gasteiger charge is 2.35. The van der Waals surface area contributed by atoms with Crippen LogP contribution >= 0.6 is 0 Å². The Morgan fingerprint density at radius 3 is 2.41 bits per heavy atom. The molecule has 2 nitrogen and oxygen atoms in total. The fraction of sp³-hybridized carbons (Fsp3) is 0.368. The molecule has 2 aromatic rings. The first-order chi connectivity index (χ1) is 10.3. The Balaban J connectivity index is 2.21. The van der Waals surface area contributed by atoms with Gasteiger partial charge in [0, 0.05) is 17.5 Å². The molecule has 1 N–H and O–H groups in total. The molecule has 0 amide bonds. The van der Waals surface area contributed by atoms with Gasteiger partial charge >= 0.3 is 0 Å². The normalized spacial score (nSPS) is 15.7. The third-order valence-electron chi connectivity index (χ3n) is 4.15. The van der Waals surface area contributed by atoms with E-state index in [4.69, 9.17) is 4.74 Å².